The summed E-state index contributed by atoms with van der Waals surface area (Å²) in [6.45, 7) is 4.30. The van der Waals surface area contributed by atoms with Gasteiger partial charge < -0.3 is 15.4 Å². The van der Waals surface area contributed by atoms with Gasteiger partial charge in [-0.3, -0.25) is 4.99 Å². The zero-order valence-electron chi connectivity index (χ0n) is 15.0. The Kier molecular flexibility index (Phi) is 5.88. The molecule has 0 spiro atoms. The highest BCUT2D eigenvalue weighted by molar-refractivity contribution is 5.79. The number of pyridine rings is 1. The second kappa shape index (κ2) is 8.51. The summed E-state index contributed by atoms with van der Waals surface area (Å²) in [6, 6.07) is 12.4. The molecule has 0 saturated heterocycles. The van der Waals surface area contributed by atoms with Gasteiger partial charge in [0.2, 0.25) is 5.88 Å². The molecule has 3 rings (SSSR count). The maximum atomic E-state index is 5.74. The van der Waals surface area contributed by atoms with E-state index in [1.54, 1.807) is 13.2 Å². The van der Waals surface area contributed by atoms with Crippen molar-refractivity contribution in [3.8, 4) is 5.88 Å². The predicted octanol–water partition coefficient (Wildman–Crippen LogP) is 3.04. The third-order valence-corrected chi connectivity index (χ3v) is 4.19. The number of aryl methyl sites for hydroxylation is 1. The molecule has 0 atom stereocenters. The molecule has 1 saturated carbocycles. The van der Waals surface area contributed by atoms with Crippen LogP contribution in [0.4, 0.5) is 0 Å². The Morgan fingerprint density at radius 1 is 1.16 bits per heavy atom. The van der Waals surface area contributed by atoms with Gasteiger partial charge in [0, 0.05) is 32.4 Å². The van der Waals surface area contributed by atoms with Crippen molar-refractivity contribution in [1.29, 1.82) is 0 Å². The molecular formula is C20H26N4O. The fourth-order valence-electron chi connectivity index (χ4n) is 2.54. The number of aromatic nitrogens is 1. The van der Waals surface area contributed by atoms with Crippen LogP contribution in [0.15, 0.2) is 47.6 Å². The van der Waals surface area contributed by atoms with Crippen molar-refractivity contribution in [3.05, 3.63) is 59.3 Å². The van der Waals surface area contributed by atoms with Crippen molar-refractivity contribution < 1.29 is 4.74 Å². The number of rotatable bonds is 7. The Morgan fingerprint density at radius 3 is 2.60 bits per heavy atom. The topological polar surface area (TPSA) is 58.5 Å². The third-order valence-electron chi connectivity index (χ3n) is 4.19. The standard InChI is InChI=1S/C20H26N4O/c1-15-4-3-5-17(10-15)12-23-20(21-2)24-13-18-8-9-22-19(11-18)25-14-16-6-7-16/h3-5,8-11,16H,6-7,12-14H2,1-2H3,(H2,21,23,24). The number of nitrogens with zero attached hydrogens (tertiary/aromatic N) is 2. The van der Waals surface area contributed by atoms with E-state index in [1.807, 2.05) is 12.1 Å². The monoisotopic (exact) mass is 338 g/mol. The van der Waals surface area contributed by atoms with E-state index in [4.69, 9.17) is 4.74 Å². The van der Waals surface area contributed by atoms with Crippen molar-refractivity contribution in [2.75, 3.05) is 13.7 Å². The molecule has 0 amide bonds. The van der Waals surface area contributed by atoms with Crippen LogP contribution in [0, 0.1) is 12.8 Å². The summed E-state index contributed by atoms with van der Waals surface area (Å²) >= 11 is 0. The normalized spacial score (nSPS) is 14.2. The van der Waals surface area contributed by atoms with Crippen LogP contribution in [0.1, 0.15) is 29.5 Å². The smallest absolute Gasteiger partial charge is 0.213 e. The minimum Gasteiger partial charge on any atom is -0.477 e. The van der Waals surface area contributed by atoms with Crippen molar-refractivity contribution >= 4 is 5.96 Å². The summed E-state index contributed by atoms with van der Waals surface area (Å²) in [7, 11) is 1.78. The number of ether oxygens (including phenoxy) is 1. The van der Waals surface area contributed by atoms with Crippen LogP contribution in [-0.4, -0.2) is 24.6 Å². The lowest BCUT2D eigenvalue weighted by atomic mass is 10.1. The SMILES string of the molecule is CN=C(NCc1cccc(C)c1)NCc1ccnc(OCC2CC2)c1. The maximum Gasteiger partial charge on any atom is 0.213 e. The first-order valence-electron chi connectivity index (χ1n) is 8.81. The highest BCUT2D eigenvalue weighted by atomic mass is 16.5. The molecule has 132 valence electrons. The zero-order valence-corrected chi connectivity index (χ0v) is 15.0. The molecule has 1 aliphatic carbocycles. The van der Waals surface area contributed by atoms with Crippen LogP contribution in [0.25, 0.3) is 0 Å². The zero-order chi connectivity index (χ0) is 17.5. The van der Waals surface area contributed by atoms with Gasteiger partial charge in [-0.25, -0.2) is 4.98 Å². The molecular weight excluding hydrogens is 312 g/mol. The summed E-state index contributed by atoms with van der Waals surface area (Å²) in [5.74, 6) is 2.21. The second-order valence-electron chi connectivity index (χ2n) is 6.53. The molecule has 1 aromatic heterocycles. The number of hydrogen-bond donors (Lipinski definition) is 2. The first kappa shape index (κ1) is 17.3. The number of guanidine groups is 1. The van der Waals surface area contributed by atoms with Gasteiger partial charge in [0.15, 0.2) is 5.96 Å². The summed E-state index contributed by atoms with van der Waals surface area (Å²) in [5.41, 5.74) is 3.62. The summed E-state index contributed by atoms with van der Waals surface area (Å²) in [5, 5.41) is 6.67. The maximum absolute atomic E-state index is 5.74. The fraction of sp³-hybridized carbons (Fsp3) is 0.400. The lowest BCUT2D eigenvalue weighted by Crippen LogP contribution is -2.36. The minimum absolute atomic E-state index is 0.676. The van der Waals surface area contributed by atoms with E-state index >= 15 is 0 Å². The molecule has 1 aliphatic rings. The summed E-state index contributed by atoms with van der Waals surface area (Å²) < 4.78 is 5.74. The van der Waals surface area contributed by atoms with Gasteiger partial charge in [-0.15, -0.1) is 0 Å². The predicted molar refractivity (Wildman–Crippen MR) is 101 cm³/mol. The Labute approximate surface area is 149 Å². The number of hydrogen-bond acceptors (Lipinski definition) is 3. The van der Waals surface area contributed by atoms with Gasteiger partial charge in [-0.05, 0) is 42.9 Å². The highest BCUT2D eigenvalue weighted by Gasteiger charge is 2.22. The Bertz CT molecular complexity index is 725. The lowest BCUT2D eigenvalue weighted by molar-refractivity contribution is 0.288. The van der Waals surface area contributed by atoms with Crippen LogP contribution in [0.2, 0.25) is 0 Å². The Hall–Kier alpha value is -2.56. The number of nitrogens with one attached hydrogen (secondary N) is 2. The first-order chi connectivity index (χ1) is 12.2. The summed E-state index contributed by atoms with van der Waals surface area (Å²) in [6.07, 6.45) is 4.36. The molecule has 5 heteroatoms. The largest absolute Gasteiger partial charge is 0.477 e. The van der Waals surface area contributed by atoms with E-state index in [-0.39, 0.29) is 0 Å². The second-order valence-corrected chi connectivity index (χ2v) is 6.53. The van der Waals surface area contributed by atoms with E-state index in [0.29, 0.717) is 12.4 Å². The van der Waals surface area contributed by atoms with E-state index in [1.165, 1.54) is 24.0 Å². The molecule has 2 aromatic rings. The fourth-order valence-corrected chi connectivity index (χ4v) is 2.54. The average molecular weight is 338 g/mol. The lowest BCUT2D eigenvalue weighted by Gasteiger charge is -2.13. The van der Waals surface area contributed by atoms with Crippen molar-refractivity contribution in [2.45, 2.75) is 32.9 Å². The van der Waals surface area contributed by atoms with E-state index in [0.717, 1.165) is 30.6 Å². The van der Waals surface area contributed by atoms with Crippen LogP contribution < -0.4 is 15.4 Å². The number of benzene rings is 1. The third kappa shape index (κ3) is 5.78. The molecule has 0 radical (unpaired) electrons. The van der Waals surface area contributed by atoms with Crippen LogP contribution >= 0.6 is 0 Å². The molecule has 5 nitrogen and oxygen atoms in total. The van der Waals surface area contributed by atoms with Gasteiger partial charge >= 0.3 is 0 Å². The summed E-state index contributed by atoms with van der Waals surface area (Å²) in [4.78, 5) is 8.55. The number of aliphatic imine (C=N–C) groups is 1. The Balaban J connectivity index is 1.48. The van der Waals surface area contributed by atoms with Gasteiger partial charge in [0.25, 0.3) is 0 Å². The quantitative estimate of drug-likeness (QED) is 0.602. The van der Waals surface area contributed by atoms with Gasteiger partial charge in [0.1, 0.15) is 0 Å². The molecule has 1 heterocycles. The van der Waals surface area contributed by atoms with E-state index in [2.05, 4.69) is 51.8 Å². The molecule has 0 unspecified atom stereocenters. The van der Waals surface area contributed by atoms with Crippen LogP contribution in [-0.2, 0) is 13.1 Å². The van der Waals surface area contributed by atoms with Gasteiger partial charge in [0.05, 0.1) is 6.61 Å². The van der Waals surface area contributed by atoms with Crippen molar-refractivity contribution in [1.82, 2.24) is 15.6 Å². The molecule has 1 fully saturated rings. The van der Waals surface area contributed by atoms with E-state index in [9.17, 15) is 0 Å². The Morgan fingerprint density at radius 2 is 1.92 bits per heavy atom. The molecule has 0 aliphatic heterocycles. The molecule has 2 N–H and O–H groups in total. The molecule has 0 bridgehead atoms. The van der Waals surface area contributed by atoms with Crippen molar-refractivity contribution in [2.24, 2.45) is 10.9 Å². The minimum atomic E-state index is 0.676. The molecule has 1 aromatic carbocycles. The van der Waals surface area contributed by atoms with Gasteiger partial charge in [-0.2, -0.15) is 0 Å². The van der Waals surface area contributed by atoms with Crippen LogP contribution in [0.5, 0.6) is 5.88 Å². The highest BCUT2D eigenvalue weighted by Crippen LogP contribution is 2.29. The first-order valence-corrected chi connectivity index (χ1v) is 8.81. The van der Waals surface area contributed by atoms with Crippen LogP contribution in [0.3, 0.4) is 0 Å². The average Bonchev–Trinajstić information content (AvgIpc) is 3.45. The van der Waals surface area contributed by atoms with E-state index < -0.39 is 0 Å². The van der Waals surface area contributed by atoms with Crippen molar-refractivity contribution in [3.63, 3.8) is 0 Å². The molecule has 25 heavy (non-hydrogen) atoms. The van der Waals surface area contributed by atoms with Gasteiger partial charge in [-0.1, -0.05) is 29.8 Å².